The Morgan fingerprint density at radius 1 is 1.00 bits per heavy atom. The van der Waals surface area contributed by atoms with E-state index in [2.05, 4.69) is 11.8 Å². The number of likely N-dealkylation sites (tertiary alicyclic amines) is 1. The van der Waals surface area contributed by atoms with Crippen molar-refractivity contribution in [2.24, 2.45) is 0 Å². The van der Waals surface area contributed by atoms with Crippen LogP contribution in [-0.2, 0) is 9.59 Å². The number of piperidine rings is 1. The molecule has 0 aliphatic carbocycles. The second-order valence-electron chi connectivity index (χ2n) is 5.94. The quantitative estimate of drug-likeness (QED) is 0.773. The Hall–Kier alpha value is -1.10. The van der Waals surface area contributed by atoms with Crippen LogP contribution in [0.15, 0.2) is 0 Å². The minimum absolute atomic E-state index is 0.223. The van der Waals surface area contributed by atoms with E-state index in [0.717, 1.165) is 45.6 Å². The van der Waals surface area contributed by atoms with E-state index in [9.17, 15) is 9.59 Å². The number of hydrogen-bond acceptors (Lipinski definition) is 3. The lowest BCUT2D eigenvalue weighted by Gasteiger charge is -2.38. The summed E-state index contributed by atoms with van der Waals surface area (Å²) in [6, 6.07) is 0.388. The van der Waals surface area contributed by atoms with Crippen LogP contribution in [-0.4, -0.2) is 71.8 Å². The van der Waals surface area contributed by atoms with Gasteiger partial charge in [-0.05, 0) is 26.2 Å². The first-order valence-corrected chi connectivity index (χ1v) is 7.91. The van der Waals surface area contributed by atoms with E-state index in [1.165, 1.54) is 6.42 Å². The van der Waals surface area contributed by atoms with Crippen LogP contribution in [0.1, 0.15) is 39.5 Å². The fourth-order valence-electron chi connectivity index (χ4n) is 3.13. The largest absolute Gasteiger partial charge is 0.340 e. The number of carbonyl (C=O) groups is 2. The third-order valence-electron chi connectivity index (χ3n) is 4.51. The van der Waals surface area contributed by atoms with Gasteiger partial charge < -0.3 is 9.80 Å². The van der Waals surface area contributed by atoms with Crippen LogP contribution in [0.4, 0.5) is 0 Å². The average Bonchev–Trinajstić information content (AvgIpc) is 2.47. The van der Waals surface area contributed by atoms with Gasteiger partial charge in [-0.2, -0.15) is 0 Å². The van der Waals surface area contributed by atoms with Crippen LogP contribution >= 0.6 is 0 Å². The summed E-state index contributed by atoms with van der Waals surface area (Å²) in [5.41, 5.74) is 0. The number of hydrogen-bond donors (Lipinski definition) is 0. The standard InChI is InChI=1S/C15H27N3O2/c1-3-14(19)17-10-8-16(9-11-17)12-15(20)18-7-5-4-6-13(18)2/h13H,3-12H2,1-2H3/t13-/m1/s1. The van der Waals surface area contributed by atoms with E-state index in [0.29, 0.717) is 19.0 Å². The minimum atomic E-state index is 0.223. The maximum absolute atomic E-state index is 12.4. The third-order valence-corrected chi connectivity index (χ3v) is 4.51. The van der Waals surface area contributed by atoms with Crippen molar-refractivity contribution in [3.63, 3.8) is 0 Å². The highest BCUT2D eigenvalue weighted by Gasteiger charge is 2.26. The molecule has 0 radical (unpaired) electrons. The van der Waals surface area contributed by atoms with Gasteiger partial charge in [-0.1, -0.05) is 6.92 Å². The molecule has 2 rings (SSSR count). The lowest BCUT2D eigenvalue weighted by Crippen LogP contribution is -2.53. The predicted octanol–water partition coefficient (Wildman–Crippen LogP) is 0.942. The number of rotatable bonds is 3. The van der Waals surface area contributed by atoms with E-state index in [-0.39, 0.29) is 11.8 Å². The number of nitrogens with zero attached hydrogens (tertiary/aromatic N) is 3. The Morgan fingerprint density at radius 2 is 1.70 bits per heavy atom. The second kappa shape index (κ2) is 7.07. The Bertz CT molecular complexity index is 351. The van der Waals surface area contributed by atoms with Crippen molar-refractivity contribution in [3.05, 3.63) is 0 Å². The van der Waals surface area contributed by atoms with E-state index >= 15 is 0 Å². The SMILES string of the molecule is CCC(=O)N1CCN(CC(=O)N2CCCC[C@H]2C)CC1. The van der Waals surface area contributed by atoms with Crippen molar-refractivity contribution in [1.82, 2.24) is 14.7 Å². The molecule has 2 amide bonds. The van der Waals surface area contributed by atoms with Gasteiger partial charge in [-0.15, -0.1) is 0 Å². The zero-order valence-electron chi connectivity index (χ0n) is 12.8. The van der Waals surface area contributed by atoms with E-state index in [1.54, 1.807) is 0 Å². The maximum Gasteiger partial charge on any atom is 0.236 e. The highest BCUT2D eigenvalue weighted by atomic mass is 16.2. The zero-order chi connectivity index (χ0) is 14.5. The van der Waals surface area contributed by atoms with Crippen LogP contribution in [0.5, 0.6) is 0 Å². The predicted molar refractivity (Wildman–Crippen MR) is 78.3 cm³/mol. The van der Waals surface area contributed by atoms with Crippen molar-refractivity contribution in [3.8, 4) is 0 Å². The average molecular weight is 281 g/mol. The Morgan fingerprint density at radius 3 is 2.30 bits per heavy atom. The molecule has 0 aromatic carbocycles. The van der Waals surface area contributed by atoms with Gasteiger partial charge >= 0.3 is 0 Å². The second-order valence-corrected chi connectivity index (χ2v) is 5.94. The molecule has 2 saturated heterocycles. The highest BCUT2D eigenvalue weighted by Crippen LogP contribution is 2.17. The molecule has 5 nitrogen and oxygen atoms in total. The Labute approximate surface area is 121 Å². The Kier molecular flexibility index (Phi) is 5.40. The lowest BCUT2D eigenvalue weighted by molar-refractivity contribution is -0.137. The molecule has 0 saturated carbocycles. The van der Waals surface area contributed by atoms with Gasteiger partial charge in [-0.3, -0.25) is 14.5 Å². The normalized spacial score (nSPS) is 24.8. The number of piperazine rings is 1. The molecule has 2 heterocycles. The lowest BCUT2D eigenvalue weighted by atomic mass is 10.0. The summed E-state index contributed by atoms with van der Waals surface area (Å²) in [6.07, 6.45) is 4.08. The van der Waals surface area contributed by atoms with Gasteiger partial charge in [0.2, 0.25) is 11.8 Å². The van der Waals surface area contributed by atoms with Crippen molar-refractivity contribution in [1.29, 1.82) is 0 Å². The third kappa shape index (κ3) is 3.72. The van der Waals surface area contributed by atoms with Crippen LogP contribution in [0.3, 0.4) is 0 Å². The smallest absolute Gasteiger partial charge is 0.236 e. The van der Waals surface area contributed by atoms with E-state index in [1.807, 2.05) is 16.7 Å². The first kappa shape index (κ1) is 15.3. The highest BCUT2D eigenvalue weighted by molar-refractivity contribution is 5.79. The molecule has 5 heteroatoms. The van der Waals surface area contributed by atoms with Crippen molar-refractivity contribution >= 4 is 11.8 Å². The molecule has 20 heavy (non-hydrogen) atoms. The summed E-state index contributed by atoms with van der Waals surface area (Å²) in [5.74, 6) is 0.480. The van der Waals surface area contributed by atoms with Gasteiger partial charge in [0.1, 0.15) is 0 Å². The van der Waals surface area contributed by atoms with Gasteiger partial charge in [0.05, 0.1) is 6.54 Å². The topological polar surface area (TPSA) is 43.9 Å². The summed E-state index contributed by atoms with van der Waals surface area (Å²) in [7, 11) is 0. The first-order chi connectivity index (χ1) is 9.61. The number of carbonyl (C=O) groups excluding carboxylic acids is 2. The summed E-state index contributed by atoms with van der Waals surface area (Å²) in [6.45, 7) is 8.63. The molecule has 2 aliphatic heterocycles. The molecule has 0 aromatic heterocycles. The van der Waals surface area contributed by atoms with Crippen LogP contribution < -0.4 is 0 Å². The van der Waals surface area contributed by atoms with Crippen LogP contribution in [0, 0.1) is 0 Å². The molecule has 0 aromatic rings. The Balaban J connectivity index is 1.77. The summed E-state index contributed by atoms with van der Waals surface area (Å²) in [5, 5.41) is 0. The molecule has 0 N–H and O–H groups in total. The molecular weight excluding hydrogens is 254 g/mol. The van der Waals surface area contributed by atoms with Gasteiger partial charge in [0.15, 0.2) is 0 Å². The van der Waals surface area contributed by atoms with Crippen LogP contribution in [0.2, 0.25) is 0 Å². The summed E-state index contributed by atoms with van der Waals surface area (Å²) in [4.78, 5) is 30.1. The van der Waals surface area contributed by atoms with Gasteiger partial charge in [-0.25, -0.2) is 0 Å². The molecule has 0 bridgehead atoms. The van der Waals surface area contributed by atoms with Gasteiger partial charge in [0.25, 0.3) is 0 Å². The molecule has 2 fully saturated rings. The molecule has 114 valence electrons. The van der Waals surface area contributed by atoms with Crippen molar-refractivity contribution in [2.75, 3.05) is 39.3 Å². The molecule has 0 unspecified atom stereocenters. The summed E-state index contributed by atoms with van der Waals surface area (Å²) < 4.78 is 0. The molecule has 1 atom stereocenters. The van der Waals surface area contributed by atoms with Crippen molar-refractivity contribution in [2.45, 2.75) is 45.6 Å². The maximum atomic E-state index is 12.4. The van der Waals surface area contributed by atoms with E-state index in [4.69, 9.17) is 0 Å². The monoisotopic (exact) mass is 281 g/mol. The fourth-order valence-corrected chi connectivity index (χ4v) is 3.13. The van der Waals surface area contributed by atoms with Gasteiger partial charge in [0, 0.05) is 45.2 Å². The van der Waals surface area contributed by atoms with E-state index < -0.39 is 0 Å². The molecule has 0 spiro atoms. The van der Waals surface area contributed by atoms with Crippen molar-refractivity contribution < 1.29 is 9.59 Å². The molecule has 2 aliphatic rings. The zero-order valence-corrected chi connectivity index (χ0v) is 12.8. The number of amides is 2. The van der Waals surface area contributed by atoms with Crippen LogP contribution in [0.25, 0.3) is 0 Å². The fraction of sp³-hybridized carbons (Fsp3) is 0.867. The first-order valence-electron chi connectivity index (χ1n) is 7.91. The summed E-state index contributed by atoms with van der Waals surface area (Å²) >= 11 is 0. The molecular formula is C15H27N3O2. The minimum Gasteiger partial charge on any atom is -0.340 e.